The summed E-state index contributed by atoms with van der Waals surface area (Å²) in [5, 5.41) is 6.09. The molecule has 5 nitrogen and oxygen atoms in total. The third-order valence-corrected chi connectivity index (χ3v) is 4.13. The Morgan fingerprint density at radius 2 is 2.14 bits per heavy atom. The largest absolute Gasteiger partial charge is 0.381 e. The summed E-state index contributed by atoms with van der Waals surface area (Å²) in [5.74, 6) is 0.685. The number of aromatic nitrogens is 1. The molecule has 2 amide bonds. The van der Waals surface area contributed by atoms with Crippen LogP contribution in [0.3, 0.4) is 0 Å². The van der Waals surface area contributed by atoms with Gasteiger partial charge in [0.1, 0.15) is 0 Å². The predicted octanol–water partition coefficient (Wildman–Crippen LogP) is 3.45. The molecular weight excluding hydrogens is 290 g/mol. The van der Waals surface area contributed by atoms with Gasteiger partial charge < -0.3 is 15.4 Å². The van der Waals surface area contributed by atoms with Gasteiger partial charge in [0.25, 0.3) is 0 Å². The molecule has 1 fully saturated rings. The number of carbonyl (C=O) groups is 1. The summed E-state index contributed by atoms with van der Waals surface area (Å²) in [4.78, 5) is 15.7. The Hall–Kier alpha value is -1.33. The van der Waals surface area contributed by atoms with Crippen LogP contribution in [0.25, 0.3) is 0 Å². The minimum absolute atomic E-state index is 0.218. The van der Waals surface area contributed by atoms with Crippen LogP contribution in [0, 0.1) is 5.92 Å². The number of methoxy groups -OCH3 is 1. The molecule has 6 heteroatoms. The van der Waals surface area contributed by atoms with Crippen molar-refractivity contribution in [2.24, 2.45) is 5.92 Å². The zero-order valence-electron chi connectivity index (χ0n) is 12.3. The number of carbonyl (C=O) groups excluding carboxylic acids is 1. The van der Waals surface area contributed by atoms with Crippen LogP contribution in [0.1, 0.15) is 32.1 Å². The average Bonchev–Trinajstić information content (AvgIpc) is 2.48. The van der Waals surface area contributed by atoms with E-state index in [0.29, 0.717) is 29.3 Å². The molecule has 1 aliphatic rings. The molecule has 21 heavy (non-hydrogen) atoms. The lowest BCUT2D eigenvalue weighted by atomic mass is 9.85. The van der Waals surface area contributed by atoms with E-state index in [1.165, 1.54) is 19.0 Å². The van der Waals surface area contributed by atoms with Crippen LogP contribution in [0.2, 0.25) is 5.02 Å². The highest BCUT2D eigenvalue weighted by Crippen LogP contribution is 2.27. The van der Waals surface area contributed by atoms with E-state index in [4.69, 9.17) is 16.3 Å². The lowest BCUT2D eigenvalue weighted by molar-refractivity contribution is 0.0557. The first-order valence-electron chi connectivity index (χ1n) is 7.35. The second-order valence-electron chi connectivity index (χ2n) is 5.44. The molecule has 1 heterocycles. The van der Waals surface area contributed by atoms with Crippen molar-refractivity contribution in [3.05, 3.63) is 23.5 Å². The SMILES string of the molecule is COC1CCC(CCNC(=O)Nc2cncc(Cl)c2)CC1. The van der Waals surface area contributed by atoms with Crippen LogP contribution in [0.15, 0.2) is 18.5 Å². The lowest BCUT2D eigenvalue weighted by Crippen LogP contribution is -2.31. The summed E-state index contributed by atoms with van der Waals surface area (Å²) < 4.78 is 5.36. The molecule has 0 radical (unpaired) electrons. The molecule has 0 spiro atoms. The number of ether oxygens (including phenoxy) is 1. The number of rotatable bonds is 5. The molecule has 1 aromatic heterocycles. The van der Waals surface area contributed by atoms with Gasteiger partial charge in [-0.25, -0.2) is 4.79 Å². The molecule has 1 aliphatic carbocycles. The number of hydrogen-bond donors (Lipinski definition) is 2. The Balaban J connectivity index is 1.63. The summed E-state index contributed by atoms with van der Waals surface area (Å²) >= 11 is 5.81. The molecule has 0 aliphatic heterocycles. The van der Waals surface area contributed by atoms with Crippen LogP contribution in [-0.4, -0.2) is 30.8 Å². The maximum absolute atomic E-state index is 11.8. The van der Waals surface area contributed by atoms with Gasteiger partial charge in [0.2, 0.25) is 0 Å². The number of halogens is 1. The Bertz CT molecular complexity index is 462. The van der Waals surface area contributed by atoms with Crippen molar-refractivity contribution in [2.45, 2.75) is 38.2 Å². The van der Waals surface area contributed by atoms with Crippen LogP contribution in [-0.2, 0) is 4.74 Å². The molecule has 2 N–H and O–H groups in total. The van der Waals surface area contributed by atoms with Crippen LogP contribution in [0.4, 0.5) is 10.5 Å². The Kier molecular flexibility index (Phi) is 6.26. The molecule has 0 unspecified atom stereocenters. The van der Waals surface area contributed by atoms with E-state index in [2.05, 4.69) is 15.6 Å². The zero-order valence-corrected chi connectivity index (χ0v) is 13.0. The number of nitrogens with zero attached hydrogens (tertiary/aromatic N) is 1. The first-order valence-corrected chi connectivity index (χ1v) is 7.73. The van der Waals surface area contributed by atoms with Gasteiger partial charge in [0, 0.05) is 19.9 Å². The van der Waals surface area contributed by atoms with E-state index in [1.807, 2.05) is 0 Å². The minimum atomic E-state index is -0.218. The molecule has 1 saturated carbocycles. The summed E-state index contributed by atoms with van der Waals surface area (Å²) in [6.07, 6.45) is 9.15. The molecule has 0 atom stereocenters. The van der Waals surface area contributed by atoms with Crippen LogP contribution < -0.4 is 10.6 Å². The van der Waals surface area contributed by atoms with E-state index in [1.54, 1.807) is 19.4 Å². The van der Waals surface area contributed by atoms with Gasteiger partial charge >= 0.3 is 6.03 Å². The highest BCUT2D eigenvalue weighted by molar-refractivity contribution is 6.30. The Morgan fingerprint density at radius 1 is 1.38 bits per heavy atom. The fourth-order valence-electron chi connectivity index (χ4n) is 2.70. The van der Waals surface area contributed by atoms with Gasteiger partial charge in [-0.05, 0) is 44.1 Å². The lowest BCUT2D eigenvalue weighted by Gasteiger charge is -2.27. The quantitative estimate of drug-likeness (QED) is 0.875. The van der Waals surface area contributed by atoms with Crippen molar-refractivity contribution in [2.75, 3.05) is 19.0 Å². The molecule has 2 rings (SSSR count). The maximum atomic E-state index is 11.8. The van der Waals surface area contributed by atoms with Crippen molar-refractivity contribution >= 4 is 23.3 Å². The van der Waals surface area contributed by atoms with Crippen molar-refractivity contribution in [3.8, 4) is 0 Å². The van der Waals surface area contributed by atoms with Gasteiger partial charge in [-0.2, -0.15) is 0 Å². The van der Waals surface area contributed by atoms with Gasteiger partial charge in [0.05, 0.1) is 23.0 Å². The highest BCUT2D eigenvalue weighted by atomic mass is 35.5. The van der Waals surface area contributed by atoms with Crippen LogP contribution >= 0.6 is 11.6 Å². The standard InChI is InChI=1S/C15H22ClN3O2/c1-21-14-4-2-11(3-5-14)6-7-18-15(20)19-13-8-12(16)9-17-10-13/h8-11,14H,2-7H2,1H3,(H2,18,19,20). The monoisotopic (exact) mass is 311 g/mol. The van der Waals surface area contributed by atoms with E-state index in [-0.39, 0.29) is 6.03 Å². The smallest absolute Gasteiger partial charge is 0.319 e. The second-order valence-corrected chi connectivity index (χ2v) is 5.88. The fraction of sp³-hybridized carbons (Fsp3) is 0.600. The predicted molar refractivity (Wildman–Crippen MR) is 83.6 cm³/mol. The summed E-state index contributed by atoms with van der Waals surface area (Å²) in [7, 11) is 1.78. The molecule has 116 valence electrons. The number of urea groups is 1. The summed E-state index contributed by atoms with van der Waals surface area (Å²) in [6.45, 7) is 0.683. The van der Waals surface area contributed by atoms with Crippen molar-refractivity contribution < 1.29 is 9.53 Å². The van der Waals surface area contributed by atoms with Crippen molar-refractivity contribution in [1.29, 1.82) is 0 Å². The van der Waals surface area contributed by atoms with Crippen molar-refractivity contribution in [3.63, 3.8) is 0 Å². The number of pyridine rings is 1. The van der Waals surface area contributed by atoms with E-state index >= 15 is 0 Å². The molecule has 1 aromatic rings. The normalized spacial score (nSPS) is 21.8. The van der Waals surface area contributed by atoms with E-state index in [0.717, 1.165) is 19.3 Å². The van der Waals surface area contributed by atoms with Gasteiger partial charge in [0.15, 0.2) is 0 Å². The summed E-state index contributed by atoms with van der Waals surface area (Å²) in [5.41, 5.74) is 0.598. The highest BCUT2D eigenvalue weighted by Gasteiger charge is 2.20. The minimum Gasteiger partial charge on any atom is -0.381 e. The van der Waals surface area contributed by atoms with Crippen LogP contribution in [0.5, 0.6) is 0 Å². The van der Waals surface area contributed by atoms with E-state index in [9.17, 15) is 4.79 Å². The molecule has 0 bridgehead atoms. The topological polar surface area (TPSA) is 63.2 Å². The van der Waals surface area contributed by atoms with Gasteiger partial charge in [-0.1, -0.05) is 11.6 Å². The third kappa shape index (κ3) is 5.52. The first kappa shape index (κ1) is 16.0. The average molecular weight is 312 g/mol. The fourth-order valence-corrected chi connectivity index (χ4v) is 2.88. The number of nitrogens with one attached hydrogen (secondary N) is 2. The first-order chi connectivity index (χ1) is 10.2. The Morgan fingerprint density at radius 3 is 2.81 bits per heavy atom. The Labute approximate surface area is 130 Å². The van der Waals surface area contributed by atoms with Gasteiger partial charge in [-0.3, -0.25) is 4.98 Å². The third-order valence-electron chi connectivity index (χ3n) is 3.93. The number of anilines is 1. The molecular formula is C15H22ClN3O2. The molecule has 0 saturated heterocycles. The maximum Gasteiger partial charge on any atom is 0.319 e. The van der Waals surface area contributed by atoms with Crippen molar-refractivity contribution in [1.82, 2.24) is 10.3 Å². The summed E-state index contributed by atoms with van der Waals surface area (Å²) in [6, 6.07) is 1.45. The number of amides is 2. The molecule has 0 aromatic carbocycles. The second kappa shape index (κ2) is 8.20. The number of hydrogen-bond acceptors (Lipinski definition) is 3. The zero-order chi connectivity index (χ0) is 15.1. The van der Waals surface area contributed by atoms with Gasteiger partial charge in [-0.15, -0.1) is 0 Å². The van der Waals surface area contributed by atoms with E-state index < -0.39 is 0 Å².